The smallest absolute Gasteiger partial charge is 0.243 e. The second-order valence-corrected chi connectivity index (χ2v) is 9.70. The van der Waals surface area contributed by atoms with Crippen molar-refractivity contribution in [2.24, 2.45) is 0 Å². The molecule has 1 fully saturated rings. The topological polar surface area (TPSA) is 106 Å². The summed E-state index contributed by atoms with van der Waals surface area (Å²) in [5.74, 6) is 0.687. The largest absolute Gasteiger partial charge is 0.496 e. The molecule has 3 aromatic rings. The first-order valence-electron chi connectivity index (χ1n) is 10.7. The molecule has 0 spiro atoms. The predicted octanol–water partition coefficient (Wildman–Crippen LogP) is 2.32. The van der Waals surface area contributed by atoms with Crippen LogP contribution in [0.1, 0.15) is 31.2 Å². The molecular weight excluding hydrogens is 430 g/mol. The van der Waals surface area contributed by atoms with Crippen molar-refractivity contribution >= 4 is 27.0 Å². The molecule has 0 bridgehead atoms. The van der Waals surface area contributed by atoms with Gasteiger partial charge in [-0.2, -0.15) is 4.31 Å². The van der Waals surface area contributed by atoms with E-state index in [1.807, 2.05) is 24.3 Å². The lowest BCUT2D eigenvalue weighted by Gasteiger charge is -2.15. The molecule has 2 heterocycles. The number of carbonyl (C=O) groups is 1. The summed E-state index contributed by atoms with van der Waals surface area (Å²) in [6.07, 6.45) is 2.72. The molecule has 0 unspecified atom stereocenters. The highest BCUT2D eigenvalue weighted by atomic mass is 32.2. The van der Waals surface area contributed by atoms with Crippen LogP contribution in [0.5, 0.6) is 5.75 Å². The van der Waals surface area contributed by atoms with Crippen molar-refractivity contribution in [3.05, 3.63) is 48.0 Å². The zero-order chi connectivity index (χ0) is 22.6. The molecule has 9 nitrogen and oxygen atoms in total. The first-order chi connectivity index (χ1) is 15.5. The number of sulfonamides is 1. The van der Waals surface area contributed by atoms with Gasteiger partial charge in [0.05, 0.1) is 17.5 Å². The lowest BCUT2D eigenvalue weighted by molar-refractivity contribution is -0.121. The van der Waals surface area contributed by atoms with Crippen LogP contribution in [0.15, 0.2) is 47.4 Å². The number of benzene rings is 2. The highest BCUT2D eigenvalue weighted by Gasteiger charge is 2.27. The highest BCUT2D eigenvalue weighted by Crippen LogP contribution is 2.24. The maximum atomic E-state index is 12.8. The van der Waals surface area contributed by atoms with Crippen LogP contribution in [0.3, 0.4) is 0 Å². The number of fused-ring (bicyclic) bond motifs is 1. The Labute approximate surface area is 187 Å². The Morgan fingerprint density at radius 1 is 1.16 bits per heavy atom. The zero-order valence-corrected chi connectivity index (χ0v) is 18.8. The average molecular weight is 458 g/mol. The molecule has 170 valence electrons. The van der Waals surface area contributed by atoms with E-state index in [1.165, 1.54) is 4.31 Å². The van der Waals surface area contributed by atoms with Gasteiger partial charge in [0.2, 0.25) is 15.9 Å². The van der Waals surface area contributed by atoms with Crippen molar-refractivity contribution in [1.82, 2.24) is 24.6 Å². The summed E-state index contributed by atoms with van der Waals surface area (Å²) in [5, 5.41) is 11.2. The van der Waals surface area contributed by atoms with Gasteiger partial charge in [0.15, 0.2) is 0 Å². The summed E-state index contributed by atoms with van der Waals surface area (Å²) in [6.45, 7) is 2.04. The minimum absolute atomic E-state index is 0.0562. The third-order valence-electron chi connectivity index (χ3n) is 5.63. The molecule has 4 rings (SSSR count). The molecule has 0 saturated carbocycles. The van der Waals surface area contributed by atoms with Gasteiger partial charge in [0.1, 0.15) is 11.3 Å². The fourth-order valence-electron chi connectivity index (χ4n) is 3.88. The predicted molar refractivity (Wildman–Crippen MR) is 120 cm³/mol. The van der Waals surface area contributed by atoms with Crippen molar-refractivity contribution in [1.29, 1.82) is 0 Å². The fourth-order valence-corrected chi connectivity index (χ4v) is 5.41. The first kappa shape index (κ1) is 22.2. The van der Waals surface area contributed by atoms with E-state index < -0.39 is 10.0 Å². The number of hydrogen-bond acceptors (Lipinski definition) is 6. The van der Waals surface area contributed by atoms with Crippen molar-refractivity contribution in [3.63, 3.8) is 0 Å². The number of nitrogens with zero attached hydrogens (tertiary/aromatic N) is 4. The Hall–Kier alpha value is -2.98. The minimum Gasteiger partial charge on any atom is -0.496 e. The summed E-state index contributed by atoms with van der Waals surface area (Å²) in [5.41, 5.74) is 2.20. The molecule has 1 saturated heterocycles. The normalized spacial score (nSPS) is 14.7. The van der Waals surface area contributed by atoms with Gasteiger partial charge < -0.3 is 10.1 Å². The quantitative estimate of drug-likeness (QED) is 0.529. The molecule has 0 atom stereocenters. The van der Waals surface area contributed by atoms with Gasteiger partial charge >= 0.3 is 0 Å². The second kappa shape index (κ2) is 9.66. The van der Waals surface area contributed by atoms with Gasteiger partial charge in [-0.3, -0.25) is 4.79 Å². The number of nitrogens with one attached hydrogen (secondary N) is 1. The molecule has 0 aliphatic carbocycles. The molecule has 1 aliphatic heterocycles. The number of methoxy groups -OCH3 is 1. The SMILES string of the molecule is COc1ccccc1CNC(=O)CCCn1nnc2cc(S(=O)(=O)N3CCCC3)ccc21. The van der Waals surface area contributed by atoms with Crippen molar-refractivity contribution < 1.29 is 17.9 Å². The first-order valence-corrected chi connectivity index (χ1v) is 12.1. The van der Waals surface area contributed by atoms with E-state index in [2.05, 4.69) is 15.6 Å². The van der Waals surface area contributed by atoms with E-state index in [0.29, 0.717) is 44.5 Å². The van der Waals surface area contributed by atoms with Crippen molar-refractivity contribution in [3.8, 4) is 5.75 Å². The van der Waals surface area contributed by atoms with Gasteiger partial charge in [-0.1, -0.05) is 23.4 Å². The second-order valence-electron chi connectivity index (χ2n) is 7.77. The summed E-state index contributed by atoms with van der Waals surface area (Å²) in [7, 11) is -1.88. The van der Waals surface area contributed by atoms with Gasteiger partial charge in [-0.05, 0) is 43.5 Å². The summed E-state index contributed by atoms with van der Waals surface area (Å²) in [6, 6.07) is 12.5. The Kier molecular flexibility index (Phi) is 6.71. The standard InChI is InChI=1S/C22H27N5O4S/c1-31-21-8-3-2-7-17(21)16-23-22(28)9-6-14-27-20-11-10-18(15-19(20)24-25-27)32(29,30)26-12-4-5-13-26/h2-3,7-8,10-11,15H,4-6,9,12-14,16H2,1H3,(H,23,28). The number of para-hydroxylation sites is 1. The molecule has 1 N–H and O–H groups in total. The lowest BCUT2D eigenvalue weighted by atomic mass is 10.2. The zero-order valence-electron chi connectivity index (χ0n) is 18.0. The highest BCUT2D eigenvalue weighted by molar-refractivity contribution is 7.89. The number of aromatic nitrogens is 3. The summed E-state index contributed by atoms with van der Waals surface area (Å²) in [4.78, 5) is 12.5. The van der Waals surface area contributed by atoms with Crippen LogP contribution < -0.4 is 10.1 Å². The number of hydrogen-bond donors (Lipinski definition) is 1. The van der Waals surface area contributed by atoms with Gasteiger partial charge in [0.25, 0.3) is 0 Å². The molecule has 0 radical (unpaired) electrons. The monoisotopic (exact) mass is 457 g/mol. The van der Waals surface area contributed by atoms with E-state index in [-0.39, 0.29) is 10.8 Å². The Morgan fingerprint density at radius 3 is 2.72 bits per heavy atom. The van der Waals surface area contributed by atoms with Crippen LogP contribution in [0.4, 0.5) is 0 Å². The Morgan fingerprint density at radius 2 is 1.94 bits per heavy atom. The van der Waals surface area contributed by atoms with Crippen LogP contribution >= 0.6 is 0 Å². The molecule has 32 heavy (non-hydrogen) atoms. The van der Waals surface area contributed by atoms with E-state index in [4.69, 9.17) is 4.74 Å². The van der Waals surface area contributed by atoms with Gasteiger partial charge in [0, 0.05) is 38.2 Å². The van der Waals surface area contributed by atoms with Crippen molar-refractivity contribution in [2.45, 2.75) is 43.7 Å². The van der Waals surface area contributed by atoms with E-state index in [1.54, 1.807) is 30.0 Å². The third-order valence-corrected chi connectivity index (χ3v) is 7.53. The van der Waals surface area contributed by atoms with Gasteiger partial charge in [-0.15, -0.1) is 5.10 Å². The average Bonchev–Trinajstić information content (AvgIpc) is 3.48. The molecule has 1 aliphatic rings. The maximum Gasteiger partial charge on any atom is 0.243 e. The maximum absolute atomic E-state index is 12.8. The third kappa shape index (κ3) is 4.76. The van der Waals surface area contributed by atoms with E-state index in [0.717, 1.165) is 29.7 Å². The van der Waals surface area contributed by atoms with Gasteiger partial charge in [-0.25, -0.2) is 13.1 Å². The number of carbonyl (C=O) groups excluding carboxylic acids is 1. The molecule has 1 aromatic heterocycles. The van der Waals surface area contributed by atoms with Crippen molar-refractivity contribution in [2.75, 3.05) is 20.2 Å². The number of aryl methyl sites for hydroxylation is 1. The van der Waals surface area contributed by atoms with Crippen LogP contribution in [0.2, 0.25) is 0 Å². The number of ether oxygens (including phenoxy) is 1. The van der Waals surface area contributed by atoms with E-state index >= 15 is 0 Å². The number of amides is 1. The van der Waals surface area contributed by atoms with Crippen LogP contribution in [0.25, 0.3) is 11.0 Å². The number of rotatable bonds is 9. The minimum atomic E-state index is -3.49. The van der Waals surface area contributed by atoms with Crippen LogP contribution in [0, 0.1) is 0 Å². The van der Waals surface area contributed by atoms with Crippen LogP contribution in [-0.4, -0.2) is 53.8 Å². The molecule has 1 amide bonds. The summed E-state index contributed by atoms with van der Waals surface area (Å²) >= 11 is 0. The molecule has 10 heteroatoms. The van der Waals surface area contributed by atoms with Crippen LogP contribution in [-0.2, 0) is 27.9 Å². The Balaban J connectivity index is 1.33. The fraction of sp³-hybridized carbons (Fsp3) is 0.409. The lowest BCUT2D eigenvalue weighted by Crippen LogP contribution is -2.27. The van der Waals surface area contributed by atoms with E-state index in [9.17, 15) is 13.2 Å². The Bertz CT molecular complexity index is 1200. The molecule has 2 aromatic carbocycles. The summed E-state index contributed by atoms with van der Waals surface area (Å²) < 4.78 is 34.0. The molecular formula is C22H27N5O4S.